The third kappa shape index (κ3) is 2.63. The molecule has 0 aliphatic carbocycles. The van der Waals surface area contributed by atoms with Crippen LogP contribution in [-0.2, 0) is 4.79 Å². The highest BCUT2D eigenvalue weighted by Gasteiger charge is 2.23. The number of rotatable bonds is 2. The van der Waals surface area contributed by atoms with Crippen molar-refractivity contribution in [2.45, 2.75) is 12.8 Å². The van der Waals surface area contributed by atoms with Crippen molar-refractivity contribution in [3.05, 3.63) is 32.8 Å². The number of nitrogens with zero attached hydrogens (tertiary/aromatic N) is 2. The monoisotopic (exact) mass is 298 g/mol. The minimum atomic E-state index is -0.392. The molecule has 6 heteroatoms. The lowest BCUT2D eigenvalue weighted by Gasteiger charge is -2.27. The van der Waals surface area contributed by atoms with Crippen molar-refractivity contribution in [2.24, 2.45) is 0 Å². The summed E-state index contributed by atoms with van der Waals surface area (Å²) in [5.41, 5.74) is 0.666. The zero-order valence-corrected chi connectivity index (χ0v) is 10.6. The first-order valence-electron chi connectivity index (χ1n) is 5.28. The normalized spacial score (nSPS) is 16.1. The summed E-state index contributed by atoms with van der Waals surface area (Å²) in [5, 5.41) is 11.0. The van der Waals surface area contributed by atoms with E-state index in [1.165, 1.54) is 6.07 Å². The molecule has 0 unspecified atom stereocenters. The summed E-state index contributed by atoms with van der Waals surface area (Å²) in [6.45, 7) is 1.11. The molecule has 0 spiro atoms. The number of anilines is 1. The third-order valence-electron chi connectivity index (χ3n) is 2.80. The second-order valence-corrected chi connectivity index (χ2v) is 4.83. The van der Waals surface area contributed by atoms with Crippen molar-refractivity contribution in [1.29, 1.82) is 0 Å². The summed E-state index contributed by atoms with van der Waals surface area (Å²) in [5.74, 6) is 0.223. The number of halogens is 1. The Balaban J connectivity index is 2.31. The predicted octanol–water partition coefficient (Wildman–Crippen LogP) is 2.53. The molecule has 1 aliphatic heterocycles. The van der Waals surface area contributed by atoms with Gasteiger partial charge in [0.05, 0.1) is 4.92 Å². The summed E-state index contributed by atoms with van der Waals surface area (Å²) < 4.78 is 0.682. The fraction of sp³-hybridized carbons (Fsp3) is 0.364. The average Bonchev–Trinajstić information content (AvgIpc) is 2.30. The molecule has 1 saturated heterocycles. The van der Waals surface area contributed by atoms with Crippen LogP contribution in [0.5, 0.6) is 0 Å². The second-order valence-electron chi connectivity index (χ2n) is 3.92. The molecule has 17 heavy (non-hydrogen) atoms. The highest BCUT2D eigenvalue weighted by atomic mass is 79.9. The van der Waals surface area contributed by atoms with E-state index in [9.17, 15) is 14.9 Å². The smallest absolute Gasteiger partial charge is 0.293 e. The van der Waals surface area contributed by atoms with Crippen LogP contribution in [0, 0.1) is 10.1 Å². The van der Waals surface area contributed by atoms with E-state index in [0.29, 0.717) is 36.1 Å². The van der Waals surface area contributed by atoms with E-state index in [-0.39, 0.29) is 11.5 Å². The molecular formula is C11H11BrN2O3. The molecular weight excluding hydrogens is 288 g/mol. The molecule has 0 saturated carbocycles. The van der Waals surface area contributed by atoms with Gasteiger partial charge in [0.15, 0.2) is 0 Å². The van der Waals surface area contributed by atoms with E-state index < -0.39 is 4.92 Å². The lowest BCUT2D eigenvalue weighted by atomic mass is 10.1. The molecule has 5 nitrogen and oxygen atoms in total. The van der Waals surface area contributed by atoms with Crippen molar-refractivity contribution in [2.75, 3.05) is 18.0 Å². The predicted molar refractivity (Wildman–Crippen MR) is 67.3 cm³/mol. The van der Waals surface area contributed by atoms with Crippen molar-refractivity contribution in [3.63, 3.8) is 0 Å². The molecule has 1 aromatic rings. The van der Waals surface area contributed by atoms with Crippen LogP contribution in [-0.4, -0.2) is 23.8 Å². The molecule has 1 heterocycles. The van der Waals surface area contributed by atoms with Gasteiger partial charge in [-0.3, -0.25) is 14.9 Å². The number of hydrogen-bond donors (Lipinski definition) is 0. The van der Waals surface area contributed by atoms with Gasteiger partial charge in [0.1, 0.15) is 11.5 Å². The van der Waals surface area contributed by atoms with Gasteiger partial charge in [0.25, 0.3) is 5.69 Å². The Labute approximate surface area is 107 Å². The number of ketones is 1. The molecule has 1 aliphatic rings. The van der Waals surface area contributed by atoms with Gasteiger partial charge in [-0.05, 0) is 12.1 Å². The number of benzene rings is 1. The fourth-order valence-corrected chi connectivity index (χ4v) is 2.26. The summed E-state index contributed by atoms with van der Waals surface area (Å²) in [6, 6.07) is 4.99. The number of Topliss-reactive ketones (excluding diaryl/α,β-unsaturated/α-hetero) is 1. The van der Waals surface area contributed by atoms with Crippen LogP contribution < -0.4 is 4.90 Å². The number of carbonyl (C=O) groups is 1. The van der Waals surface area contributed by atoms with Crippen molar-refractivity contribution >= 4 is 33.1 Å². The van der Waals surface area contributed by atoms with Gasteiger partial charge in [-0.25, -0.2) is 0 Å². The van der Waals surface area contributed by atoms with E-state index in [4.69, 9.17) is 0 Å². The van der Waals surface area contributed by atoms with Crippen LogP contribution in [0.2, 0.25) is 0 Å². The van der Waals surface area contributed by atoms with Crippen molar-refractivity contribution < 1.29 is 9.72 Å². The maximum absolute atomic E-state index is 11.1. The van der Waals surface area contributed by atoms with E-state index in [1.54, 1.807) is 12.1 Å². The first-order chi connectivity index (χ1) is 8.08. The lowest BCUT2D eigenvalue weighted by molar-refractivity contribution is -0.384. The highest BCUT2D eigenvalue weighted by molar-refractivity contribution is 9.10. The number of carbonyl (C=O) groups excluding carboxylic acids is 1. The van der Waals surface area contributed by atoms with Crippen molar-refractivity contribution in [3.8, 4) is 0 Å². The van der Waals surface area contributed by atoms with Gasteiger partial charge in [-0.1, -0.05) is 15.9 Å². The Hall–Kier alpha value is -1.43. The fourth-order valence-electron chi connectivity index (χ4n) is 1.91. The Morgan fingerprint density at radius 2 is 1.94 bits per heavy atom. The van der Waals surface area contributed by atoms with Crippen LogP contribution in [0.15, 0.2) is 22.7 Å². The van der Waals surface area contributed by atoms with E-state index in [2.05, 4.69) is 15.9 Å². The maximum atomic E-state index is 11.1. The van der Waals surface area contributed by atoms with Gasteiger partial charge in [-0.2, -0.15) is 0 Å². The Kier molecular flexibility index (Phi) is 3.42. The SMILES string of the molecule is O=C1CCN(c2ccc(Br)cc2[N+](=O)[O-])CC1. The first kappa shape index (κ1) is 12.0. The molecule has 0 radical (unpaired) electrons. The van der Waals surface area contributed by atoms with Gasteiger partial charge in [-0.15, -0.1) is 0 Å². The maximum Gasteiger partial charge on any atom is 0.293 e. The molecule has 0 amide bonds. The standard InChI is InChI=1S/C11H11BrN2O3/c12-8-1-2-10(11(7-8)14(16)17)13-5-3-9(15)4-6-13/h1-2,7H,3-6H2. The lowest BCUT2D eigenvalue weighted by Crippen LogP contribution is -2.34. The van der Waals surface area contributed by atoms with Gasteiger partial charge < -0.3 is 4.90 Å². The van der Waals surface area contributed by atoms with Crippen LogP contribution in [0.25, 0.3) is 0 Å². The molecule has 0 bridgehead atoms. The van der Waals surface area contributed by atoms with E-state index in [1.807, 2.05) is 4.90 Å². The molecule has 0 aromatic heterocycles. The van der Waals surface area contributed by atoms with Gasteiger partial charge in [0.2, 0.25) is 0 Å². The summed E-state index contributed by atoms with van der Waals surface area (Å²) >= 11 is 3.22. The Morgan fingerprint density at radius 3 is 2.53 bits per heavy atom. The summed E-state index contributed by atoms with van der Waals surface area (Å²) in [4.78, 5) is 23.6. The summed E-state index contributed by atoms with van der Waals surface area (Å²) in [6.07, 6.45) is 0.931. The van der Waals surface area contributed by atoms with Gasteiger partial charge in [0, 0.05) is 36.5 Å². The molecule has 1 aromatic carbocycles. The molecule has 1 fully saturated rings. The topological polar surface area (TPSA) is 63.5 Å². The largest absolute Gasteiger partial charge is 0.365 e. The number of nitro groups is 1. The molecule has 0 atom stereocenters. The summed E-state index contributed by atoms with van der Waals surface area (Å²) in [7, 11) is 0. The van der Waals surface area contributed by atoms with Crippen LogP contribution in [0.4, 0.5) is 11.4 Å². The van der Waals surface area contributed by atoms with E-state index >= 15 is 0 Å². The van der Waals surface area contributed by atoms with E-state index in [0.717, 1.165) is 0 Å². The zero-order valence-electron chi connectivity index (χ0n) is 9.06. The number of hydrogen-bond acceptors (Lipinski definition) is 4. The first-order valence-corrected chi connectivity index (χ1v) is 6.08. The Morgan fingerprint density at radius 1 is 1.29 bits per heavy atom. The molecule has 90 valence electrons. The Bertz CT molecular complexity index is 466. The van der Waals surface area contributed by atoms with Crippen LogP contribution >= 0.6 is 15.9 Å². The van der Waals surface area contributed by atoms with Crippen LogP contribution in [0.1, 0.15) is 12.8 Å². The zero-order chi connectivity index (χ0) is 12.4. The minimum absolute atomic E-state index is 0.0775. The number of piperidine rings is 1. The second kappa shape index (κ2) is 4.83. The highest BCUT2D eigenvalue weighted by Crippen LogP contribution is 2.32. The average molecular weight is 299 g/mol. The number of nitro benzene ring substituents is 1. The molecule has 2 rings (SSSR count). The van der Waals surface area contributed by atoms with Crippen LogP contribution in [0.3, 0.4) is 0 Å². The third-order valence-corrected chi connectivity index (χ3v) is 3.29. The van der Waals surface area contributed by atoms with Crippen molar-refractivity contribution in [1.82, 2.24) is 0 Å². The van der Waals surface area contributed by atoms with Gasteiger partial charge >= 0.3 is 0 Å². The quantitative estimate of drug-likeness (QED) is 0.622. The minimum Gasteiger partial charge on any atom is -0.365 e. The molecule has 0 N–H and O–H groups in total.